The zero-order valence-corrected chi connectivity index (χ0v) is 11.4. The fraction of sp³-hybridized carbons (Fsp3) is 0.786. The van der Waals surface area contributed by atoms with Gasteiger partial charge in [0.15, 0.2) is 0 Å². The van der Waals surface area contributed by atoms with E-state index >= 15 is 0 Å². The summed E-state index contributed by atoms with van der Waals surface area (Å²) in [4.78, 5) is 0. The van der Waals surface area contributed by atoms with Crippen molar-refractivity contribution in [3.05, 3.63) is 18.0 Å². The predicted octanol–water partition coefficient (Wildman–Crippen LogP) is 2.75. The monoisotopic (exact) mass is 235 g/mol. The maximum Gasteiger partial charge on any atom is 0.0534 e. The second-order valence-electron chi connectivity index (χ2n) is 6.17. The third-order valence-corrected chi connectivity index (χ3v) is 3.88. The van der Waals surface area contributed by atoms with Gasteiger partial charge in [-0.15, -0.1) is 0 Å². The molecule has 3 nitrogen and oxygen atoms in total. The van der Waals surface area contributed by atoms with Gasteiger partial charge in [0.25, 0.3) is 0 Å². The van der Waals surface area contributed by atoms with E-state index in [1.165, 1.54) is 31.2 Å². The van der Waals surface area contributed by atoms with Crippen LogP contribution in [0.3, 0.4) is 0 Å². The Hall–Kier alpha value is -0.830. The Morgan fingerprint density at radius 1 is 1.41 bits per heavy atom. The summed E-state index contributed by atoms with van der Waals surface area (Å²) in [6.07, 6.45) is 9.38. The van der Waals surface area contributed by atoms with Crippen molar-refractivity contribution in [2.75, 3.05) is 6.54 Å². The third kappa shape index (κ3) is 3.84. The summed E-state index contributed by atoms with van der Waals surface area (Å²) in [6.45, 7) is 8.87. The first kappa shape index (κ1) is 12.6. The van der Waals surface area contributed by atoms with Gasteiger partial charge in [-0.05, 0) is 43.6 Å². The molecule has 1 aromatic heterocycles. The van der Waals surface area contributed by atoms with Gasteiger partial charge < -0.3 is 5.32 Å². The molecule has 0 aliphatic heterocycles. The van der Waals surface area contributed by atoms with E-state index in [0.717, 1.165) is 19.1 Å². The van der Waals surface area contributed by atoms with Crippen molar-refractivity contribution in [1.82, 2.24) is 15.1 Å². The van der Waals surface area contributed by atoms with Gasteiger partial charge in [-0.3, -0.25) is 4.68 Å². The van der Waals surface area contributed by atoms with Crippen LogP contribution in [0.15, 0.2) is 12.4 Å². The molecule has 2 rings (SSSR count). The molecule has 1 saturated carbocycles. The summed E-state index contributed by atoms with van der Waals surface area (Å²) in [5.74, 6) is 0. The topological polar surface area (TPSA) is 29.9 Å². The molecule has 1 fully saturated rings. The van der Waals surface area contributed by atoms with E-state index in [4.69, 9.17) is 0 Å². The largest absolute Gasteiger partial charge is 0.312 e. The Morgan fingerprint density at radius 2 is 2.12 bits per heavy atom. The molecule has 1 heterocycles. The van der Waals surface area contributed by atoms with Gasteiger partial charge in [0.2, 0.25) is 0 Å². The predicted molar refractivity (Wildman–Crippen MR) is 71.0 cm³/mol. The fourth-order valence-corrected chi connectivity index (χ4v) is 2.58. The van der Waals surface area contributed by atoms with E-state index in [2.05, 4.69) is 37.4 Å². The summed E-state index contributed by atoms with van der Waals surface area (Å²) >= 11 is 0. The van der Waals surface area contributed by atoms with Crippen LogP contribution in [0.4, 0.5) is 0 Å². The highest BCUT2D eigenvalue weighted by atomic mass is 15.3. The van der Waals surface area contributed by atoms with Crippen molar-refractivity contribution in [2.45, 2.75) is 59.0 Å². The molecular weight excluding hydrogens is 210 g/mol. The van der Waals surface area contributed by atoms with E-state index in [1.54, 1.807) is 0 Å². The van der Waals surface area contributed by atoms with Gasteiger partial charge in [0, 0.05) is 18.8 Å². The number of aromatic nitrogens is 2. The molecule has 0 unspecified atom stereocenters. The van der Waals surface area contributed by atoms with Crippen molar-refractivity contribution < 1.29 is 0 Å². The maximum atomic E-state index is 4.30. The minimum atomic E-state index is 0.567. The summed E-state index contributed by atoms with van der Waals surface area (Å²) in [6, 6.07) is 0.722. The molecule has 3 heteroatoms. The highest BCUT2D eigenvalue weighted by Crippen LogP contribution is 2.34. The molecular formula is C14H25N3. The van der Waals surface area contributed by atoms with E-state index in [0.29, 0.717) is 5.41 Å². The molecule has 1 aromatic rings. The van der Waals surface area contributed by atoms with E-state index in [1.807, 2.05) is 10.9 Å². The number of aryl methyl sites for hydroxylation is 1. The Balaban J connectivity index is 1.66. The van der Waals surface area contributed by atoms with Crippen molar-refractivity contribution in [1.29, 1.82) is 0 Å². The van der Waals surface area contributed by atoms with Crippen LogP contribution in [0, 0.1) is 12.3 Å². The lowest BCUT2D eigenvalue weighted by Gasteiger charge is -2.34. The molecule has 0 bridgehead atoms. The van der Waals surface area contributed by atoms with Gasteiger partial charge in [-0.2, -0.15) is 5.10 Å². The molecule has 0 aromatic carbocycles. The first-order valence-corrected chi connectivity index (χ1v) is 6.78. The van der Waals surface area contributed by atoms with Crippen LogP contribution >= 0.6 is 0 Å². The maximum absolute atomic E-state index is 4.30. The first-order chi connectivity index (χ1) is 8.05. The Morgan fingerprint density at radius 3 is 2.71 bits per heavy atom. The van der Waals surface area contributed by atoms with Crippen LogP contribution in [-0.2, 0) is 6.54 Å². The van der Waals surface area contributed by atoms with Crippen LogP contribution in [0.2, 0.25) is 0 Å². The molecule has 0 spiro atoms. The van der Waals surface area contributed by atoms with Gasteiger partial charge >= 0.3 is 0 Å². The number of hydrogen-bond donors (Lipinski definition) is 1. The van der Waals surface area contributed by atoms with E-state index in [-0.39, 0.29) is 0 Å². The average Bonchev–Trinajstić information content (AvgIpc) is 2.67. The fourth-order valence-electron chi connectivity index (χ4n) is 2.58. The summed E-state index contributed by atoms with van der Waals surface area (Å²) in [5.41, 5.74) is 1.81. The SMILES string of the molecule is Cc1cnn(CCNC2CCC(C)(C)CC2)c1. The highest BCUT2D eigenvalue weighted by Gasteiger charge is 2.26. The minimum absolute atomic E-state index is 0.567. The second-order valence-corrected chi connectivity index (χ2v) is 6.17. The zero-order valence-electron chi connectivity index (χ0n) is 11.4. The van der Waals surface area contributed by atoms with Crippen LogP contribution < -0.4 is 5.32 Å². The summed E-state index contributed by atoms with van der Waals surface area (Å²) in [7, 11) is 0. The average molecular weight is 235 g/mol. The van der Waals surface area contributed by atoms with Crippen LogP contribution in [0.25, 0.3) is 0 Å². The molecule has 0 amide bonds. The van der Waals surface area contributed by atoms with Crippen LogP contribution in [0.5, 0.6) is 0 Å². The van der Waals surface area contributed by atoms with E-state index in [9.17, 15) is 0 Å². The molecule has 96 valence electrons. The van der Waals surface area contributed by atoms with Gasteiger partial charge in [-0.25, -0.2) is 0 Å². The summed E-state index contributed by atoms with van der Waals surface area (Å²) in [5, 5.41) is 7.95. The van der Waals surface area contributed by atoms with Gasteiger partial charge in [-0.1, -0.05) is 13.8 Å². The summed E-state index contributed by atoms with van der Waals surface area (Å²) < 4.78 is 2.02. The van der Waals surface area contributed by atoms with Crippen molar-refractivity contribution >= 4 is 0 Å². The number of hydrogen-bond acceptors (Lipinski definition) is 2. The number of nitrogens with zero attached hydrogens (tertiary/aromatic N) is 2. The molecule has 1 aliphatic carbocycles. The molecule has 0 atom stereocenters. The lowest BCUT2D eigenvalue weighted by molar-refractivity contribution is 0.205. The first-order valence-electron chi connectivity index (χ1n) is 6.78. The molecule has 0 radical (unpaired) electrons. The Kier molecular flexibility index (Phi) is 3.87. The Bertz CT molecular complexity index is 344. The molecule has 1 N–H and O–H groups in total. The highest BCUT2D eigenvalue weighted by molar-refractivity contribution is 4.99. The second kappa shape index (κ2) is 5.21. The van der Waals surface area contributed by atoms with Crippen LogP contribution in [0.1, 0.15) is 45.1 Å². The lowest BCUT2D eigenvalue weighted by atomic mass is 9.75. The molecule has 0 saturated heterocycles. The van der Waals surface area contributed by atoms with Gasteiger partial charge in [0.05, 0.1) is 12.7 Å². The Labute approximate surface area is 105 Å². The van der Waals surface area contributed by atoms with Gasteiger partial charge in [0.1, 0.15) is 0 Å². The number of rotatable bonds is 4. The lowest BCUT2D eigenvalue weighted by Crippen LogP contribution is -2.37. The minimum Gasteiger partial charge on any atom is -0.312 e. The smallest absolute Gasteiger partial charge is 0.0534 e. The van der Waals surface area contributed by atoms with Crippen LogP contribution in [-0.4, -0.2) is 22.4 Å². The molecule has 17 heavy (non-hydrogen) atoms. The quantitative estimate of drug-likeness (QED) is 0.869. The van der Waals surface area contributed by atoms with Crippen molar-refractivity contribution in [2.24, 2.45) is 5.41 Å². The van der Waals surface area contributed by atoms with Crippen molar-refractivity contribution in [3.8, 4) is 0 Å². The normalized spacial score (nSPS) is 20.6. The van der Waals surface area contributed by atoms with Crippen molar-refractivity contribution in [3.63, 3.8) is 0 Å². The third-order valence-electron chi connectivity index (χ3n) is 3.88. The number of nitrogens with one attached hydrogen (secondary N) is 1. The van der Waals surface area contributed by atoms with E-state index < -0.39 is 0 Å². The standard InChI is InChI=1S/C14H25N3/c1-12-10-16-17(11-12)9-8-15-13-4-6-14(2,3)7-5-13/h10-11,13,15H,4-9H2,1-3H3. The zero-order chi connectivity index (χ0) is 12.3. The molecule has 1 aliphatic rings.